The van der Waals surface area contributed by atoms with Gasteiger partial charge in [0.25, 0.3) is 0 Å². The van der Waals surface area contributed by atoms with Crippen LogP contribution in [-0.2, 0) is 6.42 Å². The van der Waals surface area contributed by atoms with E-state index in [4.69, 9.17) is 20.4 Å². The van der Waals surface area contributed by atoms with Gasteiger partial charge in [0.15, 0.2) is 5.22 Å². The maximum atomic E-state index is 5.94. The van der Waals surface area contributed by atoms with E-state index in [0.29, 0.717) is 5.22 Å². The molecule has 3 rings (SSSR count). The summed E-state index contributed by atoms with van der Waals surface area (Å²) in [4.78, 5) is 0. The number of hydrogen-bond donors (Lipinski definition) is 1. The lowest BCUT2D eigenvalue weighted by atomic mass is 10.00. The molecule has 2 heterocycles. The molecule has 0 radical (unpaired) electrons. The number of fused-ring (bicyclic) bond motifs is 1. The Morgan fingerprint density at radius 2 is 1.95 bits per heavy atom. The van der Waals surface area contributed by atoms with Gasteiger partial charge in [0, 0.05) is 17.4 Å². The highest BCUT2D eigenvalue weighted by atomic mass is 35.5. The minimum Gasteiger partial charge on any atom is -0.461 e. The Morgan fingerprint density at radius 3 is 2.60 bits per heavy atom. The molecule has 3 nitrogen and oxygen atoms in total. The molecule has 1 N–H and O–H groups in total. The van der Waals surface area contributed by atoms with Crippen molar-refractivity contribution in [2.24, 2.45) is 0 Å². The molecule has 2 aromatic heterocycles. The number of benzene rings is 1. The molecule has 1 unspecified atom stereocenters. The number of halogens is 1. The summed E-state index contributed by atoms with van der Waals surface area (Å²) in [6.45, 7) is 2.09. The number of nitrogens with one attached hydrogen (secondary N) is 1. The molecule has 0 saturated carbocycles. The average molecular weight is 290 g/mol. The zero-order valence-corrected chi connectivity index (χ0v) is 12.2. The van der Waals surface area contributed by atoms with Gasteiger partial charge in [0.05, 0.1) is 6.04 Å². The first-order valence-electron chi connectivity index (χ1n) is 6.67. The molecule has 1 aromatic carbocycles. The minimum atomic E-state index is -0.0684. The van der Waals surface area contributed by atoms with Crippen molar-refractivity contribution in [1.29, 1.82) is 0 Å². The van der Waals surface area contributed by atoms with E-state index in [2.05, 4.69) is 18.3 Å². The van der Waals surface area contributed by atoms with Crippen molar-refractivity contribution < 1.29 is 8.83 Å². The van der Waals surface area contributed by atoms with E-state index in [1.165, 1.54) is 0 Å². The Labute approximate surface area is 122 Å². The van der Waals surface area contributed by atoms with Crippen LogP contribution >= 0.6 is 11.6 Å². The van der Waals surface area contributed by atoms with Gasteiger partial charge in [-0.3, -0.25) is 0 Å². The number of hydrogen-bond acceptors (Lipinski definition) is 3. The first-order valence-corrected chi connectivity index (χ1v) is 7.05. The van der Waals surface area contributed by atoms with Gasteiger partial charge in [-0.25, -0.2) is 0 Å². The minimum absolute atomic E-state index is 0.0684. The van der Waals surface area contributed by atoms with E-state index < -0.39 is 0 Å². The first kappa shape index (κ1) is 13.3. The highest BCUT2D eigenvalue weighted by Gasteiger charge is 2.24. The van der Waals surface area contributed by atoms with E-state index in [1.807, 2.05) is 31.3 Å². The van der Waals surface area contributed by atoms with Crippen molar-refractivity contribution in [2.75, 3.05) is 7.05 Å². The van der Waals surface area contributed by atoms with E-state index in [-0.39, 0.29) is 6.04 Å². The summed E-state index contributed by atoms with van der Waals surface area (Å²) >= 11 is 5.90. The highest BCUT2D eigenvalue weighted by molar-refractivity contribution is 6.28. The van der Waals surface area contributed by atoms with E-state index in [1.54, 1.807) is 6.07 Å². The molecule has 3 aromatic rings. The van der Waals surface area contributed by atoms with Crippen LogP contribution in [0.3, 0.4) is 0 Å². The van der Waals surface area contributed by atoms with Gasteiger partial charge in [-0.15, -0.1) is 0 Å². The molecule has 0 aliphatic heterocycles. The van der Waals surface area contributed by atoms with Gasteiger partial charge < -0.3 is 14.2 Å². The molecule has 0 saturated heterocycles. The van der Waals surface area contributed by atoms with Crippen LogP contribution in [0.4, 0.5) is 0 Å². The van der Waals surface area contributed by atoms with Crippen LogP contribution in [0.25, 0.3) is 11.0 Å². The Kier molecular flexibility index (Phi) is 3.55. The molecule has 0 spiro atoms. The van der Waals surface area contributed by atoms with Gasteiger partial charge in [-0.2, -0.15) is 0 Å². The Morgan fingerprint density at radius 1 is 1.15 bits per heavy atom. The molecular formula is C16H16ClNO2. The standard InChI is InChI=1S/C16H16ClNO2/c1-3-11-15(10-6-4-5-7-12(10)19-11)16(18-2)13-8-9-14(17)20-13/h4-9,16,18H,3H2,1-2H3. The zero-order chi connectivity index (χ0) is 14.1. The topological polar surface area (TPSA) is 38.3 Å². The van der Waals surface area contributed by atoms with Gasteiger partial charge in [-0.05, 0) is 36.8 Å². The second-order valence-electron chi connectivity index (χ2n) is 4.65. The molecule has 0 fully saturated rings. The maximum absolute atomic E-state index is 5.94. The van der Waals surface area contributed by atoms with Crippen LogP contribution < -0.4 is 5.32 Å². The van der Waals surface area contributed by atoms with E-state index in [9.17, 15) is 0 Å². The normalized spacial score (nSPS) is 12.9. The lowest BCUT2D eigenvalue weighted by Gasteiger charge is -2.14. The summed E-state index contributed by atoms with van der Waals surface area (Å²) in [6.07, 6.45) is 0.830. The van der Waals surface area contributed by atoms with Crippen molar-refractivity contribution in [3.05, 3.63) is 58.7 Å². The Bertz CT molecular complexity index is 729. The maximum Gasteiger partial charge on any atom is 0.193 e. The van der Waals surface area contributed by atoms with Crippen molar-refractivity contribution in [3.63, 3.8) is 0 Å². The van der Waals surface area contributed by atoms with Crippen molar-refractivity contribution in [3.8, 4) is 0 Å². The summed E-state index contributed by atoms with van der Waals surface area (Å²) in [5.41, 5.74) is 2.02. The molecular weight excluding hydrogens is 274 g/mol. The zero-order valence-electron chi connectivity index (χ0n) is 11.4. The average Bonchev–Trinajstić information content (AvgIpc) is 3.05. The Hall–Kier alpha value is -1.71. The smallest absolute Gasteiger partial charge is 0.193 e. The highest BCUT2D eigenvalue weighted by Crippen LogP contribution is 2.35. The van der Waals surface area contributed by atoms with Crippen LogP contribution in [0.2, 0.25) is 5.22 Å². The summed E-state index contributed by atoms with van der Waals surface area (Å²) in [6, 6.07) is 11.6. The molecule has 0 aliphatic carbocycles. The second kappa shape index (κ2) is 5.35. The lowest BCUT2D eigenvalue weighted by molar-refractivity contribution is 0.457. The lowest BCUT2D eigenvalue weighted by Crippen LogP contribution is -2.17. The van der Waals surface area contributed by atoms with Crippen molar-refractivity contribution in [1.82, 2.24) is 5.32 Å². The fourth-order valence-electron chi connectivity index (χ4n) is 2.61. The van der Waals surface area contributed by atoms with Crippen LogP contribution in [-0.4, -0.2) is 7.05 Å². The van der Waals surface area contributed by atoms with Crippen molar-refractivity contribution >= 4 is 22.6 Å². The summed E-state index contributed by atoms with van der Waals surface area (Å²) < 4.78 is 11.5. The predicted molar refractivity (Wildman–Crippen MR) is 80.2 cm³/mol. The summed E-state index contributed by atoms with van der Waals surface area (Å²) in [7, 11) is 1.91. The third-order valence-electron chi connectivity index (χ3n) is 3.49. The van der Waals surface area contributed by atoms with Gasteiger partial charge >= 0.3 is 0 Å². The predicted octanol–water partition coefficient (Wildman–Crippen LogP) is 4.55. The fourth-order valence-corrected chi connectivity index (χ4v) is 2.76. The van der Waals surface area contributed by atoms with E-state index >= 15 is 0 Å². The van der Waals surface area contributed by atoms with Gasteiger partial charge in [-0.1, -0.05) is 25.1 Å². The number of furan rings is 2. The molecule has 0 amide bonds. The molecule has 104 valence electrons. The number of aryl methyl sites for hydroxylation is 1. The van der Waals surface area contributed by atoms with Crippen molar-refractivity contribution in [2.45, 2.75) is 19.4 Å². The number of rotatable bonds is 4. The number of para-hydroxylation sites is 1. The molecule has 0 aliphatic rings. The summed E-state index contributed by atoms with van der Waals surface area (Å²) in [5, 5.41) is 4.79. The van der Waals surface area contributed by atoms with E-state index in [0.717, 1.165) is 34.5 Å². The molecule has 4 heteroatoms. The van der Waals surface area contributed by atoms with Crippen LogP contribution in [0, 0.1) is 0 Å². The quantitative estimate of drug-likeness (QED) is 0.766. The largest absolute Gasteiger partial charge is 0.461 e. The fraction of sp³-hybridized carbons (Fsp3) is 0.250. The van der Waals surface area contributed by atoms with Crippen LogP contribution in [0.5, 0.6) is 0 Å². The molecule has 1 atom stereocenters. The second-order valence-corrected chi connectivity index (χ2v) is 5.02. The SMILES string of the molecule is CCc1oc2ccccc2c1C(NC)c1ccc(Cl)o1. The molecule has 0 bridgehead atoms. The first-order chi connectivity index (χ1) is 9.74. The summed E-state index contributed by atoms with van der Waals surface area (Å²) in [5.74, 6) is 1.76. The van der Waals surface area contributed by atoms with Gasteiger partial charge in [0.2, 0.25) is 0 Å². The third kappa shape index (κ3) is 2.13. The third-order valence-corrected chi connectivity index (χ3v) is 3.69. The van der Waals surface area contributed by atoms with Crippen LogP contribution in [0.15, 0.2) is 45.2 Å². The van der Waals surface area contributed by atoms with Gasteiger partial charge in [0.1, 0.15) is 17.1 Å². The Balaban J connectivity index is 2.20. The van der Waals surface area contributed by atoms with Crippen LogP contribution in [0.1, 0.15) is 30.0 Å². The monoisotopic (exact) mass is 289 g/mol. The molecule has 20 heavy (non-hydrogen) atoms.